The van der Waals surface area contributed by atoms with Gasteiger partial charge in [-0.15, -0.1) is 0 Å². The van der Waals surface area contributed by atoms with E-state index in [2.05, 4.69) is 47.1 Å². The van der Waals surface area contributed by atoms with Crippen molar-refractivity contribution in [2.75, 3.05) is 66.5 Å². The van der Waals surface area contributed by atoms with Crippen molar-refractivity contribution in [3.8, 4) is 6.07 Å². The Morgan fingerprint density at radius 3 is 2.15 bits per heavy atom. The average molecular weight is 281 g/mol. The standard InChI is InChI=1S/C15H31N5/c1-5-17-15(2,14-16)6-7-19-10-12-20(13-11-19)9-8-18(3)4/h17H,5-13H2,1-4H3. The molecule has 0 aromatic rings. The summed E-state index contributed by atoms with van der Waals surface area (Å²) in [4.78, 5) is 7.25. The third-order valence-corrected chi connectivity index (χ3v) is 4.07. The molecule has 1 aliphatic heterocycles. The molecule has 20 heavy (non-hydrogen) atoms. The van der Waals surface area contributed by atoms with Crippen LogP contribution in [-0.2, 0) is 0 Å². The maximum atomic E-state index is 9.27. The van der Waals surface area contributed by atoms with Crippen LogP contribution in [0.25, 0.3) is 0 Å². The van der Waals surface area contributed by atoms with Gasteiger partial charge in [0.15, 0.2) is 0 Å². The fourth-order valence-electron chi connectivity index (χ4n) is 2.53. The van der Waals surface area contributed by atoms with E-state index in [-0.39, 0.29) is 5.54 Å². The monoisotopic (exact) mass is 281 g/mol. The van der Waals surface area contributed by atoms with Crippen molar-refractivity contribution in [1.29, 1.82) is 5.26 Å². The summed E-state index contributed by atoms with van der Waals surface area (Å²) in [5.74, 6) is 0. The first-order valence-corrected chi connectivity index (χ1v) is 7.75. The van der Waals surface area contributed by atoms with Gasteiger partial charge in [0.05, 0.1) is 6.07 Å². The lowest BCUT2D eigenvalue weighted by Crippen LogP contribution is -2.50. The van der Waals surface area contributed by atoms with Crippen molar-refractivity contribution in [2.45, 2.75) is 25.8 Å². The summed E-state index contributed by atoms with van der Waals surface area (Å²) in [6.07, 6.45) is 0.898. The molecule has 1 rings (SSSR count). The molecule has 1 atom stereocenters. The Balaban J connectivity index is 2.24. The Labute approximate surface area is 124 Å². The predicted octanol–water partition coefficient (Wildman–Crippen LogP) is 0.447. The summed E-state index contributed by atoms with van der Waals surface area (Å²) >= 11 is 0. The molecule has 116 valence electrons. The number of rotatable bonds is 8. The van der Waals surface area contributed by atoms with Crippen LogP contribution in [-0.4, -0.2) is 86.7 Å². The van der Waals surface area contributed by atoms with Gasteiger partial charge in [-0.25, -0.2) is 0 Å². The fourth-order valence-corrected chi connectivity index (χ4v) is 2.53. The van der Waals surface area contributed by atoms with Gasteiger partial charge < -0.3 is 9.80 Å². The highest BCUT2D eigenvalue weighted by Crippen LogP contribution is 2.11. The van der Waals surface area contributed by atoms with Gasteiger partial charge >= 0.3 is 0 Å². The van der Waals surface area contributed by atoms with Crippen molar-refractivity contribution >= 4 is 0 Å². The summed E-state index contributed by atoms with van der Waals surface area (Å²) in [7, 11) is 4.25. The van der Waals surface area contributed by atoms with Crippen LogP contribution in [0.3, 0.4) is 0 Å². The molecule has 1 saturated heterocycles. The number of nitriles is 1. The number of piperazine rings is 1. The van der Waals surface area contributed by atoms with Crippen LogP contribution in [0.2, 0.25) is 0 Å². The first-order chi connectivity index (χ1) is 9.49. The molecule has 0 aromatic carbocycles. The maximum Gasteiger partial charge on any atom is 0.105 e. The van der Waals surface area contributed by atoms with Gasteiger partial charge in [-0.05, 0) is 34.0 Å². The van der Waals surface area contributed by atoms with E-state index in [1.807, 2.05) is 6.92 Å². The van der Waals surface area contributed by atoms with Gasteiger partial charge in [-0.1, -0.05) is 6.92 Å². The molecule has 5 heteroatoms. The highest BCUT2D eigenvalue weighted by Gasteiger charge is 2.24. The minimum atomic E-state index is -0.378. The van der Waals surface area contributed by atoms with Gasteiger partial charge in [0.2, 0.25) is 0 Å². The zero-order valence-electron chi connectivity index (χ0n) is 13.7. The van der Waals surface area contributed by atoms with Crippen LogP contribution in [0.15, 0.2) is 0 Å². The Morgan fingerprint density at radius 1 is 1.15 bits per heavy atom. The normalized spacial score (nSPS) is 20.8. The minimum Gasteiger partial charge on any atom is -0.308 e. The highest BCUT2D eigenvalue weighted by molar-refractivity contribution is 5.03. The smallest absolute Gasteiger partial charge is 0.105 e. The van der Waals surface area contributed by atoms with E-state index in [1.54, 1.807) is 0 Å². The number of nitrogens with zero attached hydrogens (tertiary/aromatic N) is 4. The summed E-state index contributed by atoms with van der Waals surface area (Å²) < 4.78 is 0. The number of hydrogen-bond donors (Lipinski definition) is 1. The van der Waals surface area contributed by atoms with Crippen molar-refractivity contribution in [2.24, 2.45) is 0 Å². The number of likely N-dealkylation sites (N-methyl/N-ethyl adjacent to an activating group) is 1. The molecule has 0 aliphatic carbocycles. The molecule has 1 unspecified atom stereocenters. The zero-order valence-corrected chi connectivity index (χ0v) is 13.7. The van der Waals surface area contributed by atoms with Crippen LogP contribution in [0.5, 0.6) is 0 Å². The van der Waals surface area contributed by atoms with Gasteiger partial charge in [-0.3, -0.25) is 10.2 Å². The van der Waals surface area contributed by atoms with Crippen molar-refractivity contribution < 1.29 is 0 Å². The summed E-state index contributed by atoms with van der Waals surface area (Å²) in [5, 5.41) is 12.6. The Hall–Kier alpha value is -0.670. The minimum absolute atomic E-state index is 0.378. The molecule has 0 amide bonds. The second kappa shape index (κ2) is 8.58. The van der Waals surface area contributed by atoms with E-state index < -0.39 is 0 Å². The van der Waals surface area contributed by atoms with Crippen LogP contribution in [0, 0.1) is 11.3 Å². The quantitative estimate of drug-likeness (QED) is 0.700. The van der Waals surface area contributed by atoms with Crippen LogP contribution >= 0.6 is 0 Å². The van der Waals surface area contributed by atoms with Crippen LogP contribution in [0.4, 0.5) is 0 Å². The molecule has 0 radical (unpaired) electrons. The largest absolute Gasteiger partial charge is 0.308 e. The fraction of sp³-hybridized carbons (Fsp3) is 0.933. The Morgan fingerprint density at radius 2 is 1.70 bits per heavy atom. The lowest BCUT2D eigenvalue weighted by Gasteiger charge is -2.36. The van der Waals surface area contributed by atoms with Crippen LogP contribution in [0.1, 0.15) is 20.3 Å². The third kappa shape index (κ3) is 6.19. The van der Waals surface area contributed by atoms with Gasteiger partial charge in [-0.2, -0.15) is 5.26 Å². The third-order valence-electron chi connectivity index (χ3n) is 4.07. The molecule has 0 saturated carbocycles. The molecule has 0 bridgehead atoms. The second-order valence-corrected chi connectivity index (χ2v) is 6.21. The molecule has 0 aromatic heterocycles. The molecule has 0 spiro atoms. The molecule has 1 heterocycles. The Kier molecular flexibility index (Phi) is 7.46. The molecule has 5 nitrogen and oxygen atoms in total. The maximum absolute atomic E-state index is 9.27. The average Bonchev–Trinajstić information content (AvgIpc) is 2.44. The van der Waals surface area contributed by atoms with E-state index in [0.717, 1.165) is 58.8 Å². The van der Waals surface area contributed by atoms with Crippen molar-refractivity contribution in [3.63, 3.8) is 0 Å². The topological polar surface area (TPSA) is 45.5 Å². The summed E-state index contributed by atoms with van der Waals surface area (Å²) in [5.41, 5.74) is -0.378. The molecule has 1 N–H and O–H groups in total. The molecular weight excluding hydrogens is 250 g/mol. The number of hydrogen-bond acceptors (Lipinski definition) is 5. The summed E-state index contributed by atoms with van der Waals surface area (Å²) in [6.45, 7) is 12.8. The Bertz CT molecular complexity index is 304. The molecule has 1 fully saturated rings. The van der Waals surface area contributed by atoms with E-state index in [1.165, 1.54) is 0 Å². The highest BCUT2D eigenvalue weighted by atomic mass is 15.3. The van der Waals surface area contributed by atoms with Gasteiger partial charge in [0, 0.05) is 45.8 Å². The number of nitrogens with one attached hydrogen (secondary N) is 1. The SMILES string of the molecule is CCNC(C)(C#N)CCN1CCN(CCN(C)C)CC1. The summed E-state index contributed by atoms with van der Waals surface area (Å²) in [6, 6.07) is 2.41. The van der Waals surface area contributed by atoms with Crippen molar-refractivity contribution in [3.05, 3.63) is 0 Å². The van der Waals surface area contributed by atoms with E-state index >= 15 is 0 Å². The molecular formula is C15H31N5. The zero-order chi connectivity index (χ0) is 15.0. The first-order valence-electron chi connectivity index (χ1n) is 7.75. The van der Waals surface area contributed by atoms with Crippen LogP contribution < -0.4 is 5.32 Å². The van der Waals surface area contributed by atoms with E-state index in [0.29, 0.717) is 0 Å². The predicted molar refractivity (Wildman–Crippen MR) is 83.7 cm³/mol. The van der Waals surface area contributed by atoms with E-state index in [9.17, 15) is 5.26 Å². The van der Waals surface area contributed by atoms with Crippen molar-refractivity contribution in [1.82, 2.24) is 20.0 Å². The van der Waals surface area contributed by atoms with Gasteiger partial charge in [0.25, 0.3) is 0 Å². The van der Waals surface area contributed by atoms with E-state index in [4.69, 9.17) is 0 Å². The second-order valence-electron chi connectivity index (χ2n) is 6.21. The lowest BCUT2D eigenvalue weighted by atomic mass is 9.99. The lowest BCUT2D eigenvalue weighted by molar-refractivity contribution is 0.119. The molecule has 1 aliphatic rings. The first kappa shape index (κ1) is 17.4. The van der Waals surface area contributed by atoms with Gasteiger partial charge in [0.1, 0.15) is 5.54 Å².